The van der Waals surface area contributed by atoms with Crippen molar-refractivity contribution < 1.29 is 0 Å². The van der Waals surface area contributed by atoms with E-state index >= 15 is 0 Å². The third-order valence-electron chi connectivity index (χ3n) is 3.70. The topological polar surface area (TPSA) is 49.0 Å². The Morgan fingerprint density at radius 2 is 2.11 bits per heavy atom. The third kappa shape index (κ3) is 2.99. The molecule has 1 N–H and O–H groups in total. The molecule has 100 valence electrons. The molecular weight excluding hydrogens is 226 g/mol. The van der Waals surface area contributed by atoms with E-state index in [0.717, 1.165) is 25.0 Å². The lowest BCUT2D eigenvalue weighted by Gasteiger charge is -2.34. The Kier molecular flexibility index (Phi) is 4.53. The molecular formula is C14H23N3O. The van der Waals surface area contributed by atoms with Crippen LogP contribution < -0.4 is 5.69 Å². The van der Waals surface area contributed by atoms with E-state index in [4.69, 9.17) is 0 Å². The quantitative estimate of drug-likeness (QED) is 0.865. The monoisotopic (exact) mass is 249 g/mol. The first-order valence-electron chi connectivity index (χ1n) is 7.05. The van der Waals surface area contributed by atoms with Crippen LogP contribution in [-0.4, -0.2) is 34.0 Å². The number of aryl methyl sites for hydroxylation is 1. The minimum Gasteiger partial charge on any atom is -0.310 e. The summed E-state index contributed by atoms with van der Waals surface area (Å²) in [6, 6.07) is 0.616. The Labute approximate surface area is 108 Å². The number of fused-ring (bicyclic) bond motifs is 1. The molecule has 1 aliphatic rings. The minimum atomic E-state index is -0.217. The fourth-order valence-corrected chi connectivity index (χ4v) is 2.88. The van der Waals surface area contributed by atoms with E-state index in [-0.39, 0.29) is 5.69 Å². The van der Waals surface area contributed by atoms with Gasteiger partial charge in [0.2, 0.25) is 0 Å². The predicted octanol–water partition coefficient (Wildman–Crippen LogP) is 1.75. The highest BCUT2D eigenvalue weighted by Gasteiger charge is 2.23. The second-order valence-electron chi connectivity index (χ2n) is 5.12. The van der Waals surface area contributed by atoms with Crippen LogP contribution in [0.25, 0.3) is 0 Å². The Morgan fingerprint density at radius 1 is 1.39 bits per heavy atom. The molecule has 1 aliphatic carbocycles. The van der Waals surface area contributed by atoms with E-state index < -0.39 is 0 Å². The second kappa shape index (κ2) is 6.14. The van der Waals surface area contributed by atoms with Crippen molar-refractivity contribution in [2.75, 3.05) is 13.1 Å². The van der Waals surface area contributed by atoms with Crippen LogP contribution in [0.4, 0.5) is 0 Å². The van der Waals surface area contributed by atoms with Crippen molar-refractivity contribution in [3.63, 3.8) is 0 Å². The summed E-state index contributed by atoms with van der Waals surface area (Å²) in [5.74, 6) is 0. The molecule has 0 amide bonds. The molecule has 0 radical (unpaired) electrons. The Bertz CT molecular complexity index is 435. The molecule has 1 aromatic rings. The fourth-order valence-electron chi connectivity index (χ4n) is 2.88. The van der Waals surface area contributed by atoms with Crippen molar-refractivity contribution in [1.29, 1.82) is 0 Å². The number of rotatable bonds is 5. The highest BCUT2D eigenvalue weighted by atomic mass is 16.1. The Morgan fingerprint density at radius 3 is 2.78 bits per heavy atom. The SMILES string of the molecule is CCCN(CCC)C1CCc2[nH]c(=O)ncc2C1. The summed E-state index contributed by atoms with van der Waals surface area (Å²) in [5.41, 5.74) is 2.11. The lowest BCUT2D eigenvalue weighted by molar-refractivity contribution is 0.179. The van der Waals surface area contributed by atoms with E-state index in [1.54, 1.807) is 6.20 Å². The van der Waals surface area contributed by atoms with E-state index in [1.165, 1.54) is 31.5 Å². The van der Waals surface area contributed by atoms with Crippen molar-refractivity contribution >= 4 is 0 Å². The number of H-pyrrole nitrogens is 1. The molecule has 0 aliphatic heterocycles. The van der Waals surface area contributed by atoms with E-state index in [1.807, 2.05) is 0 Å². The first-order chi connectivity index (χ1) is 8.74. The van der Waals surface area contributed by atoms with Crippen molar-refractivity contribution in [1.82, 2.24) is 14.9 Å². The van der Waals surface area contributed by atoms with Crippen LogP contribution in [0.1, 0.15) is 44.4 Å². The third-order valence-corrected chi connectivity index (χ3v) is 3.70. The van der Waals surface area contributed by atoms with E-state index in [2.05, 4.69) is 28.7 Å². The molecule has 0 aromatic carbocycles. The van der Waals surface area contributed by atoms with Crippen LogP contribution in [0.2, 0.25) is 0 Å². The van der Waals surface area contributed by atoms with Crippen molar-refractivity contribution in [3.8, 4) is 0 Å². The van der Waals surface area contributed by atoms with Crippen molar-refractivity contribution in [3.05, 3.63) is 27.9 Å². The second-order valence-corrected chi connectivity index (χ2v) is 5.12. The van der Waals surface area contributed by atoms with Crippen LogP contribution >= 0.6 is 0 Å². The largest absolute Gasteiger partial charge is 0.345 e. The summed E-state index contributed by atoms with van der Waals surface area (Å²) in [6.07, 6.45) is 7.31. The molecule has 4 heteroatoms. The van der Waals surface area contributed by atoms with Crippen molar-refractivity contribution in [2.45, 2.75) is 52.0 Å². The van der Waals surface area contributed by atoms with Crippen LogP contribution in [0.5, 0.6) is 0 Å². The molecule has 1 heterocycles. The summed E-state index contributed by atoms with van der Waals surface area (Å²) < 4.78 is 0. The summed E-state index contributed by atoms with van der Waals surface area (Å²) in [4.78, 5) is 20.5. The highest BCUT2D eigenvalue weighted by molar-refractivity contribution is 5.20. The fraction of sp³-hybridized carbons (Fsp3) is 0.714. The van der Waals surface area contributed by atoms with Gasteiger partial charge in [-0.15, -0.1) is 0 Å². The molecule has 0 saturated carbocycles. The number of nitrogens with one attached hydrogen (secondary N) is 1. The number of aromatic amines is 1. The summed E-state index contributed by atoms with van der Waals surface area (Å²) >= 11 is 0. The number of hydrogen-bond donors (Lipinski definition) is 1. The first-order valence-corrected chi connectivity index (χ1v) is 7.05. The zero-order valence-electron chi connectivity index (χ0n) is 11.4. The zero-order valence-corrected chi connectivity index (χ0v) is 11.4. The minimum absolute atomic E-state index is 0.217. The molecule has 0 saturated heterocycles. The van der Waals surface area contributed by atoms with Crippen LogP contribution in [0.15, 0.2) is 11.0 Å². The molecule has 1 unspecified atom stereocenters. The molecule has 1 aromatic heterocycles. The number of nitrogens with zero attached hydrogens (tertiary/aromatic N) is 2. The lowest BCUT2D eigenvalue weighted by Crippen LogP contribution is -2.41. The van der Waals surface area contributed by atoms with Gasteiger partial charge < -0.3 is 9.88 Å². The number of aromatic nitrogens is 2. The summed E-state index contributed by atoms with van der Waals surface area (Å²) in [6.45, 7) is 6.81. The molecule has 0 fully saturated rings. The van der Waals surface area contributed by atoms with Gasteiger partial charge in [-0.3, -0.25) is 0 Å². The Balaban J connectivity index is 2.10. The number of hydrogen-bond acceptors (Lipinski definition) is 3. The van der Waals surface area contributed by atoms with Gasteiger partial charge in [0, 0.05) is 17.9 Å². The van der Waals surface area contributed by atoms with Gasteiger partial charge in [-0.05, 0) is 50.8 Å². The highest BCUT2D eigenvalue weighted by Crippen LogP contribution is 2.22. The Hall–Kier alpha value is -1.16. The molecule has 1 atom stereocenters. The maximum atomic E-state index is 11.2. The van der Waals surface area contributed by atoms with Crippen LogP contribution in [-0.2, 0) is 12.8 Å². The molecule has 4 nitrogen and oxygen atoms in total. The van der Waals surface area contributed by atoms with Gasteiger partial charge in [-0.2, -0.15) is 0 Å². The normalized spacial score (nSPS) is 18.9. The standard InChI is InChI=1S/C14H23N3O/c1-3-7-17(8-4-2)12-5-6-13-11(9-12)10-15-14(18)16-13/h10,12H,3-9H2,1-2H3,(H,15,16,18). The van der Waals surface area contributed by atoms with Gasteiger partial charge in [-0.1, -0.05) is 13.8 Å². The molecule has 0 spiro atoms. The zero-order chi connectivity index (χ0) is 13.0. The average molecular weight is 249 g/mol. The summed E-state index contributed by atoms with van der Waals surface area (Å²) in [7, 11) is 0. The summed E-state index contributed by atoms with van der Waals surface area (Å²) in [5, 5.41) is 0. The van der Waals surface area contributed by atoms with Gasteiger partial charge >= 0.3 is 5.69 Å². The molecule has 0 bridgehead atoms. The lowest BCUT2D eigenvalue weighted by atomic mass is 9.91. The van der Waals surface area contributed by atoms with E-state index in [0.29, 0.717) is 6.04 Å². The van der Waals surface area contributed by atoms with E-state index in [9.17, 15) is 4.79 Å². The van der Waals surface area contributed by atoms with Gasteiger partial charge in [0.05, 0.1) is 0 Å². The molecule has 18 heavy (non-hydrogen) atoms. The average Bonchev–Trinajstić information content (AvgIpc) is 2.38. The van der Waals surface area contributed by atoms with Gasteiger partial charge in [0.1, 0.15) is 0 Å². The van der Waals surface area contributed by atoms with Crippen LogP contribution in [0, 0.1) is 0 Å². The van der Waals surface area contributed by atoms with Crippen LogP contribution in [0.3, 0.4) is 0 Å². The van der Waals surface area contributed by atoms with Crippen molar-refractivity contribution in [2.24, 2.45) is 0 Å². The van der Waals surface area contributed by atoms with Gasteiger partial charge in [-0.25, -0.2) is 9.78 Å². The van der Waals surface area contributed by atoms with Gasteiger partial charge in [0.25, 0.3) is 0 Å². The first kappa shape index (κ1) is 13.3. The van der Waals surface area contributed by atoms with Gasteiger partial charge in [0.15, 0.2) is 0 Å². The smallest absolute Gasteiger partial charge is 0.310 e. The predicted molar refractivity (Wildman–Crippen MR) is 72.8 cm³/mol. The maximum Gasteiger partial charge on any atom is 0.345 e. The maximum absolute atomic E-state index is 11.2. The molecule has 2 rings (SSSR count).